The molecule has 0 atom stereocenters. The lowest BCUT2D eigenvalue weighted by atomic mass is 10.2. The third kappa shape index (κ3) is 3.66. The van der Waals surface area contributed by atoms with E-state index in [0.717, 1.165) is 6.07 Å². The molecular formula is C13H11BrFN3O3. The maximum atomic E-state index is 13.2. The van der Waals surface area contributed by atoms with Crippen molar-refractivity contribution in [3.8, 4) is 11.8 Å². The van der Waals surface area contributed by atoms with Gasteiger partial charge in [-0.1, -0.05) is 0 Å². The molecule has 6 nitrogen and oxygen atoms in total. The summed E-state index contributed by atoms with van der Waals surface area (Å²) in [4.78, 5) is 20.0. The first-order valence-electron chi connectivity index (χ1n) is 5.77. The smallest absolute Gasteiger partial charge is 0.259 e. The van der Waals surface area contributed by atoms with Crippen LogP contribution in [0.1, 0.15) is 10.4 Å². The van der Waals surface area contributed by atoms with Crippen LogP contribution in [0, 0.1) is 5.82 Å². The molecule has 2 rings (SSSR count). The van der Waals surface area contributed by atoms with Crippen molar-refractivity contribution in [1.82, 2.24) is 9.97 Å². The number of halogens is 2. The zero-order valence-electron chi connectivity index (χ0n) is 11.2. The fourth-order valence-electron chi connectivity index (χ4n) is 1.51. The van der Waals surface area contributed by atoms with E-state index < -0.39 is 11.7 Å². The molecule has 1 heterocycles. The molecule has 1 amide bonds. The van der Waals surface area contributed by atoms with Crippen molar-refractivity contribution in [2.45, 2.75) is 0 Å². The van der Waals surface area contributed by atoms with E-state index in [4.69, 9.17) is 9.47 Å². The number of nitrogens with zero attached hydrogens (tertiary/aromatic N) is 2. The molecule has 0 aliphatic rings. The van der Waals surface area contributed by atoms with Gasteiger partial charge in [0.1, 0.15) is 5.82 Å². The molecule has 1 aromatic heterocycles. The van der Waals surface area contributed by atoms with Crippen molar-refractivity contribution >= 4 is 27.8 Å². The Balaban J connectivity index is 2.28. The van der Waals surface area contributed by atoms with Gasteiger partial charge in [-0.25, -0.2) is 4.39 Å². The number of hydrogen-bond donors (Lipinski definition) is 1. The van der Waals surface area contributed by atoms with E-state index in [1.165, 1.54) is 32.4 Å². The molecule has 0 bridgehead atoms. The fraction of sp³-hybridized carbons (Fsp3) is 0.154. The van der Waals surface area contributed by atoms with E-state index in [9.17, 15) is 9.18 Å². The number of ether oxygens (including phenoxy) is 2. The number of methoxy groups -OCH3 is 2. The standard InChI is InChI=1S/C13H11BrFN3O3/c1-20-10-6-11(21-2)17-13(16-10)18-12(19)8-5-7(15)3-4-9(8)14/h3-6H,1-2H3,(H,16,17,18,19). The molecule has 2 aromatic rings. The van der Waals surface area contributed by atoms with Crippen molar-refractivity contribution in [3.63, 3.8) is 0 Å². The quantitative estimate of drug-likeness (QED) is 0.912. The highest BCUT2D eigenvalue weighted by atomic mass is 79.9. The Morgan fingerprint density at radius 1 is 1.19 bits per heavy atom. The van der Waals surface area contributed by atoms with E-state index in [2.05, 4.69) is 31.2 Å². The van der Waals surface area contributed by atoms with Crippen LogP contribution in [0.5, 0.6) is 11.8 Å². The van der Waals surface area contributed by atoms with Gasteiger partial charge < -0.3 is 9.47 Å². The molecule has 8 heteroatoms. The minimum absolute atomic E-state index is 0.00707. The third-order valence-corrected chi connectivity index (χ3v) is 3.19. The van der Waals surface area contributed by atoms with Gasteiger partial charge in [0.25, 0.3) is 5.91 Å². The van der Waals surface area contributed by atoms with Gasteiger partial charge in [-0.15, -0.1) is 0 Å². The van der Waals surface area contributed by atoms with Crippen LogP contribution in [0.25, 0.3) is 0 Å². The summed E-state index contributed by atoms with van der Waals surface area (Å²) in [6.45, 7) is 0. The predicted molar refractivity (Wildman–Crippen MR) is 77.2 cm³/mol. The second-order valence-corrected chi connectivity index (χ2v) is 4.71. The van der Waals surface area contributed by atoms with Crippen LogP contribution in [-0.4, -0.2) is 30.1 Å². The van der Waals surface area contributed by atoms with E-state index in [1.807, 2.05) is 0 Å². The second-order valence-electron chi connectivity index (χ2n) is 3.85. The first-order chi connectivity index (χ1) is 10.0. The molecule has 0 saturated carbocycles. The number of nitrogens with one attached hydrogen (secondary N) is 1. The summed E-state index contributed by atoms with van der Waals surface area (Å²) in [7, 11) is 2.85. The summed E-state index contributed by atoms with van der Waals surface area (Å²) in [5, 5.41) is 2.46. The van der Waals surface area contributed by atoms with Gasteiger partial charge >= 0.3 is 0 Å². The topological polar surface area (TPSA) is 73.3 Å². The Kier molecular flexibility index (Phi) is 4.69. The minimum atomic E-state index is -0.559. The molecule has 0 unspecified atom stereocenters. The first kappa shape index (κ1) is 15.2. The van der Waals surface area contributed by atoms with Crippen LogP contribution in [0.3, 0.4) is 0 Å². The fourth-order valence-corrected chi connectivity index (χ4v) is 1.94. The Bertz CT molecular complexity index is 659. The lowest BCUT2D eigenvalue weighted by Crippen LogP contribution is -2.15. The lowest BCUT2D eigenvalue weighted by Gasteiger charge is -2.08. The number of anilines is 1. The molecule has 1 N–H and O–H groups in total. The van der Waals surface area contributed by atoms with Crippen molar-refractivity contribution < 1.29 is 18.7 Å². The van der Waals surface area contributed by atoms with Gasteiger partial charge in [0, 0.05) is 4.47 Å². The van der Waals surface area contributed by atoms with Crippen molar-refractivity contribution in [2.24, 2.45) is 0 Å². The van der Waals surface area contributed by atoms with E-state index in [-0.39, 0.29) is 23.3 Å². The SMILES string of the molecule is COc1cc(OC)nc(NC(=O)c2cc(F)ccc2Br)n1. The number of rotatable bonds is 4. The molecule has 1 aromatic carbocycles. The Morgan fingerprint density at radius 3 is 2.38 bits per heavy atom. The molecule has 0 fully saturated rings. The van der Waals surface area contributed by atoms with Crippen LogP contribution in [0.4, 0.5) is 10.3 Å². The van der Waals surface area contributed by atoms with Crippen molar-refractivity contribution in [1.29, 1.82) is 0 Å². The normalized spacial score (nSPS) is 10.1. The highest BCUT2D eigenvalue weighted by Gasteiger charge is 2.14. The first-order valence-corrected chi connectivity index (χ1v) is 6.56. The number of hydrogen-bond acceptors (Lipinski definition) is 5. The summed E-state index contributed by atoms with van der Waals surface area (Å²) < 4.78 is 23.6. The van der Waals surface area contributed by atoms with Gasteiger partial charge in [-0.3, -0.25) is 10.1 Å². The highest BCUT2D eigenvalue weighted by molar-refractivity contribution is 9.10. The van der Waals surface area contributed by atoms with Crippen molar-refractivity contribution in [3.05, 3.63) is 40.1 Å². The summed E-state index contributed by atoms with van der Waals surface area (Å²) in [5.41, 5.74) is 0.125. The van der Waals surface area contributed by atoms with Gasteiger partial charge in [0.2, 0.25) is 17.7 Å². The van der Waals surface area contributed by atoms with Crippen molar-refractivity contribution in [2.75, 3.05) is 19.5 Å². The molecule has 0 aliphatic carbocycles. The van der Waals surface area contributed by atoms with Crippen LogP contribution in [0.15, 0.2) is 28.7 Å². The zero-order valence-corrected chi connectivity index (χ0v) is 12.8. The predicted octanol–water partition coefficient (Wildman–Crippen LogP) is 2.65. The number of aromatic nitrogens is 2. The molecule has 0 aliphatic heterocycles. The molecule has 0 spiro atoms. The average Bonchev–Trinajstić information content (AvgIpc) is 2.49. The molecule has 0 radical (unpaired) electrons. The maximum absolute atomic E-state index is 13.2. The zero-order chi connectivity index (χ0) is 15.4. The monoisotopic (exact) mass is 355 g/mol. The number of amides is 1. The second kappa shape index (κ2) is 6.49. The Morgan fingerprint density at radius 2 is 1.81 bits per heavy atom. The lowest BCUT2D eigenvalue weighted by molar-refractivity contribution is 0.102. The van der Waals surface area contributed by atoms with Gasteiger partial charge in [0.15, 0.2) is 0 Å². The Hall–Kier alpha value is -2.22. The average molecular weight is 356 g/mol. The summed E-state index contributed by atoms with van der Waals surface area (Å²) >= 11 is 3.18. The van der Waals surface area contributed by atoms with Crippen LogP contribution < -0.4 is 14.8 Å². The Labute approximate surface area is 128 Å². The van der Waals surface area contributed by atoms with Gasteiger partial charge in [-0.2, -0.15) is 9.97 Å². The summed E-state index contributed by atoms with van der Waals surface area (Å²) in [6, 6.07) is 5.26. The number of carbonyl (C=O) groups is 1. The number of carbonyl (C=O) groups excluding carboxylic acids is 1. The largest absolute Gasteiger partial charge is 0.481 e. The minimum Gasteiger partial charge on any atom is -0.481 e. The van der Waals surface area contributed by atoms with Crippen LogP contribution in [-0.2, 0) is 0 Å². The third-order valence-electron chi connectivity index (χ3n) is 2.50. The van der Waals surface area contributed by atoms with Gasteiger partial charge in [0.05, 0.1) is 25.8 Å². The number of benzene rings is 1. The molecule has 0 saturated heterocycles. The van der Waals surface area contributed by atoms with E-state index >= 15 is 0 Å². The summed E-state index contributed by atoms with van der Waals surface area (Å²) in [5.74, 6) is -0.623. The maximum Gasteiger partial charge on any atom is 0.259 e. The van der Waals surface area contributed by atoms with Crippen LogP contribution >= 0.6 is 15.9 Å². The highest BCUT2D eigenvalue weighted by Crippen LogP contribution is 2.21. The molecular weight excluding hydrogens is 345 g/mol. The summed E-state index contributed by atoms with van der Waals surface area (Å²) in [6.07, 6.45) is 0. The molecule has 110 valence electrons. The van der Waals surface area contributed by atoms with E-state index in [0.29, 0.717) is 4.47 Å². The van der Waals surface area contributed by atoms with Gasteiger partial charge in [-0.05, 0) is 34.1 Å². The van der Waals surface area contributed by atoms with Crippen LogP contribution in [0.2, 0.25) is 0 Å². The van der Waals surface area contributed by atoms with E-state index in [1.54, 1.807) is 0 Å². The molecule has 21 heavy (non-hydrogen) atoms.